The van der Waals surface area contributed by atoms with E-state index in [2.05, 4.69) is 17.6 Å². The van der Waals surface area contributed by atoms with Crippen molar-refractivity contribution in [2.75, 3.05) is 20.1 Å². The van der Waals surface area contributed by atoms with Gasteiger partial charge in [-0.15, -0.1) is 0 Å². The molecule has 72 valence electrons. The SMILES string of the molecule is CNC(C)CCC1CCNCC1. The van der Waals surface area contributed by atoms with Crippen molar-refractivity contribution < 1.29 is 0 Å². The van der Waals surface area contributed by atoms with Crippen LogP contribution in [0.5, 0.6) is 0 Å². The first-order valence-corrected chi connectivity index (χ1v) is 5.21. The third kappa shape index (κ3) is 3.55. The molecule has 1 aliphatic heterocycles. The Kier molecular flexibility index (Phi) is 4.62. The van der Waals surface area contributed by atoms with Gasteiger partial charge in [0, 0.05) is 6.04 Å². The standard InChI is InChI=1S/C10H22N2/c1-9(11-2)3-4-10-5-7-12-8-6-10/h9-12H,3-8H2,1-2H3. The van der Waals surface area contributed by atoms with E-state index in [1.807, 2.05) is 7.05 Å². The molecule has 0 amide bonds. The van der Waals surface area contributed by atoms with E-state index in [-0.39, 0.29) is 0 Å². The van der Waals surface area contributed by atoms with Crippen LogP contribution >= 0.6 is 0 Å². The first-order chi connectivity index (χ1) is 5.83. The van der Waals surface area contributed by atoms with Crippen molar-refractivity contribution in [3.63, 3.8) is 0 Å². The molecule has 1 fully saturated rings. The summed E-state index contributed by atoms with van der Waals surface area (Å²) in [5.41, 5.74) is 0. The number of rotatable bonds is 4. The van der Waals surface area contributed by atoms with Crippen LogP contribution < -0.4 is 10.6 Å². The fourth-order valence-corrected chi connectivity index (χ4v) is 1.80. The molecule has 2 N–H and O–H groups in total. The van der Waals surface area contributed by atoms with E-state index in [1.165, 1.54) is 38.8 Å². The summed E-state index contributed by atoms with van der Waals surface area (Å²) < 4.78 is 0. The number of piperidine rings is 1. The zero-order valence-electron chi connectivity index (χ0n) is 8.40. The van der Waals surface area contributed by atoms with Crippen molar-refractivity contribution in [1.29, 1.82) is 0 Å². The van der Waals surface area contributed by atoms with Crippen LogP contribution in [0.25, 0.3) is 0 Å². The van der Waals surface area contributed by atoms with Gasteiger partial charge in [0.15, 0.2) is 0 Å². The summed E-state index contributed by atoms with van der Waals surface area (Å²) in [5.74, 6) is 0.988. The maximum Gasteiger partial charge on any atom is 0.00358 e. The number of hydrogen-bond donors (Lipinski definition) is 2. The summed E-state index contributed by atoms with van der Waals surface area (Å²) in [7, 11) is 2.05. The van der Waals surface area contributed by atoms with Crippen LogP contribution in [0.2, 0.25) is 0 Å². The zero-order chi connectivity index (χ0) is 8.81. The van der Waals surface area contributed by atoms with Gasteiger partial charge in [-0.25, -0.2) is 0 Å². The van der Waals surface area contributed by atoms with Gasteiger partial charge in [0.1, 0.15) is 0 Å². The third-order valence-electron chi connectivity index (χ3n) is 2.96. The highest BCUT2D eigenvalue weighted by atomic mass is 14.9. The molecule has 2 nitrogen and oxygen atoms in total. The monoisotopic (exact) mass is 170 g/mol. The summed E-state index contributed by atoms with van der Waals surface area (Å²) in [6.45, 7) is 4.73. The molecule has 1 unspecified atom stereocenters. The fourth-order valence-electron chi connectivity index (χ4n) is 1.80. The second-order valence-electron chi connectivity index (χ2n) is 3.96. The van der Waals surface area contributed by atoms with Crippen molar-refractivity contribution in [1.82, 2.24) is 10.6 Å². The summed E-state index contributed by atoms with van der Waals surface area (Å²) >= 11 is 0. The van der Waals surface area contributed by atoms with Crippen LogP contribution in [-0.2, 0) is 0 Å². The minimum absolute atomic E-state index is 0.694. The number of hydrogen-bond acceptors (Lipinski definition) is 2. The summed E-state index contributed by atoms with van der Waals surface area (Å²) in [4.78, 5) is 0. The van der Waals surface area contributed by atoms with E-state index in [0.717, 1.165) is 5.92 Å². The van der Waals surface area contributed by atoms with Crippen LogP contribution in [0.3, 0.4) is 0 Å². The molecule has 0 aromatic carbocycles. The lowest BCUT2D eigenvalue weighted by molar-refractivity contribution is 0.333. The van der Waals surface area contributed by atoms with Gasteiger partial charge in [0.05, 0.1) is 0 Å². The topological polar surface area (TPSA) is 24.1 Å². The second-order valence-corrected chi connectivity index (χ2v) is 3.96. The Labute approximate surface area is 76.1 Å². The summed E-state index contributed by atoms with van der Waals surface area (Å²) in [5, 5.41) is 6.69. The molecule has 1 rings (SSSR count). The lowest BCUT2D eigenvalue weighted by atomic mass is 9.92. The van der Waals surface area contributed by atoms with Gasteiger partial charge in [0.2, 0.25) is 0 Å². The van der Waals surface area contributed by atoms with Crippen molar-refractivity contribution in [3.05, 3.63) is 0 Å². The molecule has 1 aliphatic rings. The van der Waals surface area contributed by atoms with Gasteiger partial charge in [0.25, 0.3) is 0 Å². The third-order valence-corrected chi connectivity index (χ3v) is 2.96. The normalized spacial score (nSPS) is 22.5. The second kappa shape index (κ2) is 5.55. The summed E-state index contributed by atoms with van der Waals surface area (Å²) in [6, 6.07) is 0.694. The minimum atomic E-state index is 0.694. The van der Waals surface area contributed by atoms with Crippen molar-refractivity contribution in [2.45, 2.75) is 38.6 Å². The largest absolute Gasteiger partial charge is 0.317 e. The Morgan fingerprint density at radius 2 is 2.08 bits per heavy atom. The lowest BCUT2D eigenvalue weighted by Gasteiger charge is -2.23. The van der Waals surface area contributed by atoms with Gasteiger partial charge in [-0.05, 0) is 58.7 Å². The van der Waals surface area contributed by atoms with E-state index in [4.69, 9.17) is 0 Å². The Morgan fingerprint density at radius 1 is 1.42 bits per heavy atom. The minimum Gasteiger partial charge on any atom is -0.317 e. The van der Waals surface area contributed by atoms with Crippen molar-refractivity contribution in [2.24, 2.45) is 5.92 Å². The van der Waals surface area contributed by atoms with Gasteiger partial charge in [-0.2, -0.15) is 0 Å². The molecule has 0 bridgehead atoms. The van der Waals surface area contributed by atoms with Crippen LogP contribution in [0.15, 0.2) is 0 Å². The molecule has 2 heteroatoms. The quantitative estimate of drug-likeness (QED) is 0.666. The maximum absolute atomic E-state index is 3.40. The van der Waals surface area contributed by atoms with Crippen molar-refractivity contribution in [3.8, 4) is 0 Å². The first-order valence-electron chi connectivity index (χ1n) is 5.21. The Hall–Kier alpha value is -0.0800. The Bertz CT molecular complexity index is 108. The van der Waals surface area contributed by atoms with Gasteiger partial charge < -0.3 is 10.6 Å². The molecule has 12 heavy (non-hydrogen) atoms. The molecule has 0 spiro atoms. The molecule has 0 saturated carbocycles. The molecular formula is C10H22N2. The Balaban J connectivity index is 2.05. The highest BCUT2D eigenvalue weighted by Gasteiger charge is 2.13. The first kappa shape index (κ1) is 10.0. The smallest absolute Gasteiger partial charge is 0.00358 e. The molecule has 0 aromatic heterocycles. The van der Waals surface area contributed by atoms with E-state index in [1.54, 1.807) is 0 Å². The molecular weight excluding hydrogens is 148 g/mol. The van der Waals surface area contributed by atoms with Crippen molar-refractivity contribution >= 4 is 0 Å². The molecule has 0 radical (unpaired) electrons. The van der Waals surface area contributed by atoms with Gasteiger partial charge >= 0.3 is 0 Å². The van der Waals surface area contributed by atoms with E-state index < -0.39 is 0 Å². The van der Waals surface area contributed by atoms with E-state index >= 15 is 0 Å². The van der Waals surface area contributed by atoms with Crippen LogP contribution in [-0.4, -0.2) is 26.2 Å². The Morgan fingerprint density at radius 3 is 2.67 bits per heavy atom. The van der Waals surface area contributed by atoms with Crippen LogP contribution in [0.4, 0.5) is 0 Å². The zero-order valence-corrected chi connectivity index (χ0v) is 8.40. The predicted octanol–water partition coefficient (Wildman–Crippen LogP) is 1.37. The summed E-state index contributed by atoms with van der Waals surface area (Å²) in [6.07, 6.45) is 5.51. The van der Waals surface area contributed by atoms with Gasteiger partial charge in [-0.1, -0.05) is 0 Å². The fraction of sp³-hybridized carbons (Fsp3) is 1.00. The molecule has 1 saturated heterocycles. The average Bonchev–Trinajstić information content (AvgIpc) is 2.16. The van der Waals surface area contributed by atoms with Crippen LogP contribution in [0.1, 0.15) is 32.6 Å². The average molecular weight is 170 g/mol. The molecule has 1 atom stereocenters. The molecule has 0 aromatic rings. The highest BCUT2D eigenvalue weighted by molar-refractivity contribution is 4.70. The predicted molar refractivity (Wildman–Crippen MR) is 53.3 cm³/mol. The van der Waals surface area contributed by atoms with E-state index in [0.29, 0.717) is 6.04 Å². The maximum atomic E-state index is 3.40. The lowest BCUT2D eigenvalue weighted by Crippen LogP contribution is -2.29. The number of nitrogens with one attached hydrogen (secondary N) is 2. The van der Waals surface area contributed by atoms with Gasteiger partial charge in [-0.3, -0.25) is 0 Å². The molecule has 0 aliphatic carbocycles. The van der Waals surface area contributed by atoms with E-state index in [9.17, 15) is 0 Å². The molecule has 1 heterocycles. The highest BCUT2D eigenvalue weighted by Crippen LogP contribution is 2.18. The van der Waals surface area contributed by atoms with Crippen LogP contribution in [0, 0.1) is 5.92 Å².